The summed E-state index contributed by atoms with van der Waals surface area (Å²) < 4.78 is 9.88. The smallest absolute Gasteiger partial charge is 0.343 e. The maximum Gasteiger partial charge on any atom is 0.343 e. The van der Waals surface area contributed by atoms with Crippen LogP contribution in [-0.2, 0) is 4.74 Å². The first-order valence-corrected chi connectivity index (χ1v) is 6.94. The highest BCUT2D eigenvalue weighted by Gasteiger charge is 2.15. The zero-order valence-corrected chi connectivity index (χ0v) is 13.1. The van der Waals surface area contributed by atoms with Crippen LogP contribution in [0.5, 0.6) is 5.75 Å². The van der Waals surface area contributed by atoms with Gasteiger partial charge in [0.05, 0.1) is 13.7 Å². The summed E-state index contributed by atoms with van der Waals surface area (Å²) in [6.45, 7) is 1.90. The molecule has 1 aromatic heterocycles. The molecule has 0 fully saturated rings. The number of nitrogens with two attached hydrogens (primary N) is 1. The molecule has 0 atom stereocenters. The number of carbonyl (C=O) groups excluding carboxylic acids is 1. The number of nitrogens with one attached hydrogen (secondary N) is 1. The van der Waals surface area contributed by atoms with Crippen molar-refractivity contribution in [2.24, 2.45) is 0 Å². The molecule has 0 amide bonds. The number of ether oxygens (including phenoxy) is 2. The molecule has 4 N–H and O–H groups in total. The number of hydrogen-bond donors (Lipinski definition) is 3. The van der Waals surface area contributed by atoms with Crippen molar-refractivity contribution in [3.05, 3.63) is 35.5 Å². The molecular formula is C15H16N4O5. The van der Waals surface area contributed by atoms with Gasteiger partial charge in [-0.15, -0.1) is 0 Å². The molecule has 0 spiro atoms. The van der Waals surface area contributed by atoms with Gasteiger partial charge < -0.3 is 25.6 Å². The number of benzene rings is 1. The summed E-state index contributed by atoms with van der Waals surface area (Å²) in [5, 5.41) is 11.9. The third kappa shape index (κ3) is 3.69. The van der Waals surface area contributed by atoms with Crippen molar-refractivity contribution in [1.82, 2.24) is 9.97 Å². The Hall–Kier alpha value is -3.36. The van der Waals surface area contributed by atoms with Crippen LogP contribution in [0.2, 0.25) is 0 Å². The average molecular weight is 332 g/mol. The fourth-order valence-electron chi connectivity index (χ4n) is 1.90. The van der Waals surface area contributed by atoms with E-state index >= 15 is 0 Å². The van der Waals surface area contributed by atoms with Crippen molar-refractivity contribution in [3.63, 3.8) is 0 Å². The van der Waals surface area contributed by atoms with E-state index in [1.807, 2.05) is 0 Å². The summed E-state index contributed by atoms with van der Waals surface area (Å²) in [7, 11) is 1.37. The molecule has 9 heteroatoms. The van der Waals surface area contributed by atoms with Crippen molar-refractivity contribution < 1.29 is 24.2 Å². The first-order chi connectivity index (χ1) is 11.5. The fraction of sp³-hybridized carbons (Fsp3) is 0.200. The Balaban J connectivity index is 2.24. The van der Waals surface area contributed by atoms with Crippen molar-refractivity contribution >= 4 is 29.4 Å². The Bertz CT molecular complexity index is 778. The van der Waals surface area contributed by atoms with Gasteiger partial charge in [-0.1, -0.05) is 0 Å². The maximum absolute atomic E-state index is 11.6. The minimum atomic E-state index is -1.10. The van der Waals surface area contributed by atoms with Crippen molar-refractivity contribution in [2.75, 3.05) is 24.8 Å². The molecule has 1 heterocycles. The molecule has 2 aromatic rings. The lowest BCUT2D eigenvalue weighted by Crippen LogP contribution is -2.11. The number of aromatic nitrogens is 2. The lowest BCUT2D eigenvalue weighted by molar-refractivity contribution is 0.0526. The normalized spacial score (nSPS) is 10.1. The van der Waals surface area contributed by atoms with E-state index in [1.54, 1.807) is 6.92 Å². The van der Waals surface area contributed by atoms with E-state index in [1.165, 1.54) is 31.5 Å². The lowest BCUT2D eigenvalue weighted by Gasteiger charge is -2.10. The van der Waals surface area contributed by atoms with Gasteiger partial charge in [0.2, 0.25) is 5.95 Å². The molecule has 24 heavy (non-hydrogen) atoms. The number of nitrogen functional groups attached to an aromatic ring is 1. The predicted molar refractivity (Wildman–Crippen MR) is 85.6 cm³/mol. The van der Waals surface area contributed by atoms with Gasteiger partial charge in [0.25, 0.3) is 0 Å². The SMILES string of the molecule is CCOC(=O)c1cnc(Nc2ccc(C(=O)O)c(OC)c2)nc1N. The number of esters is 1. The Kier molecular flexibility index (Phi) is 5.15. The average Bonchev–Trinajstić information content (AvgIpc) is 2.54. The van der Waals surface area contributed by atoms with Gasteiger partial charge in [0.1, 0.15) is 22.7 Å². The first kappa shape index (κ1) is 17.0. The molecule has 9 nitrogen and oxygen atoms in total. The molecule has 1 aromatic carbocycles. The number of aromatic carboxylic acids is 1. The van der Waals surface area contributed by atoms with Gasteiger partial charge in [0.15, 0.2) is 0 Å². The Labute approximate surface area is 137 Å². The Morgan fingerprint density at radius 2 is 2.08 bits per heavy atom. The second-order valence-corrected chi connectivity index (χ2v) is 4.56. The fourth-order valence-corrected chi connectivity index (χ4v) is 1.90. The monoisotopic (exact) mass is 332 g/mol. The topological polar surface area (TPSA) is 137 Å². The molecule has 0 saturated heterocycles. The van der Waals surface area contributed by atoms with E-state index in [2.05, 4.69) is 15.3 Å². The number of hydrogen-bond acceptors (Lipinski definition) is 8. The number of carboxylic acids is 1. The number of carboxylic acid groups (broad SMARTS) is 1. The van der Waals surface area contributed by atoms with Crippen LogP contribution in [0.15, 0.2) is 24.4 Å². The number of methoxy groups -OCH3 is 1. The molecule has 0 aliphatic carbocycles. The van der Waals surface area contributed by atoms with Crippen LogP contribution in [0.1, 0.15) is 27.6 Å². The molecule has 2 rings (SSSR count). The molecule has 0 aliphatic heterocycles. The molecule has 0 radical (unpaired) electrons. The van der Waals surface area contributed by atoms with Crippen molar-refractivity contribution in [3.8, 4) is 5.75 Å². The maximum atomic E-state index is 11.6. The standard InChI is InChI=1S/C15H16N4O5/c1-3-24-14(22)10-7-17-15(19-12(10)16)18-8-4-5-9(13(20)21)11(6-8)23-2/h4-7H,3H2,1-2H3,(H,20,21)(H3,16,17,18,19). The number of carbonyl (C=O) groups is 2. The summed E-state index contributed by atoms with van der Waals surface area (Å²) in [6, 6.07) is 4.41. The van der Waals surface area contributed by atoms with Crippen LogP contribution < -0.4 is 15.8 Å². The van der Waals surface area contributed by atoms with E-state index in [9.17, 15) is 9.59 Å². The van der Waals surface area contributed by atoms with Gasteiger partial charge in [-0.3, -0.25) is 0 Å². The quantitative estimate of drug-likeness (QED) is 0.675. The highest BCUT2D eigenvalue weighted by atomic mass is 16.5. The third-order valence-electron chi connectivity index (χ3n) is 3.00. The molecule has 126 valence electrons. The van der Waals surface area contributed by atoms with E-state index < -0.39 is 11.9 Å². The summed E-state index contributed by atoms with van der Waals surface area (Å²) in [5.74, 6) is -1.40. The molecule has 0 aliphatic rings. The van der Waals surface area contributed by atoms with Crippen LogP contribution >= 0.6 is 0 Å². The van der Waals surface area contributed by atoms with Crippen LogP contribution in [0.4, 0.5) is 17.5 Å². The Morgan fingerprint density at radius 1 is 1.33 bits per heavy atom. The summed E-state index contributed by atoms with van der Waals surface area (Å²) in [4.78, 5) is 30.7. The number of anilines is 3. The molecule has 0 bridgehead atoms. The second kappa shape index (κ2) is 7.27. The lowest BCUT2D eigenvalue weighted by atomic mass is 10.2. The molecular weight excluding hydrogens is 316 g/mol. The van der Waals surface area contributed by atoms with Gasteiger partial charge in [-0.05, 0) is 19.1 Å². The first-order valence-electron chi connectivity index (χ1n) is 6.94. The molecule has 0 saturated carbocycles. The zero-order chi connectivity index (χ0) is 17.7. The highest BCUT2D eigenvalue weighted by molar-refractivity contribution is 5.94. The van der Waals surface area contributed by atoms with E-state index in [-0.39, 0.29) is 35.2 Å². The van der Waals surface area contributed by atoms with Crippen LogP contribution in [-0.4, -0.2) is 40.7 Å². The van der Waals surface area contributed by atoms with Gasteiger partial charge >= 0.3 is 11.9 Å². The van der Waals surface area contributed by atoms with E-state index in [0.717, 1.165) is 0 Å². The Morgan fingerprint density at radius 3 is 2.67 bits per heavy atom. The van der Waals surface area contributed by atoms with Gasteiger partial charge in [0, 0.05) is 18.0 Å². The van der Waals surface area contributed by atoms with Gasteiger partial charge in [-0.2, -0.15) is 4.98 Å². The number of rotatable bonds is 6. The van der Waals surface area contributed by atoms with Gasteiger partial charge in [-0.25, -0.2) is 14.6 Å². The summed E-state index contributed by atoms with van der Waals surface area (Å²) in [5.41, 5.74) is 6.33. The largest absolute Gasteiger partial charge is 0.496 e. The van der Waals surface area contributed by atoms with Crippen molar-refractivity contribution in [1.29, 1.82) is 0 Å². The minimum absolute atomic E-state index is 0.0277. The van der Waals surface area contributed by atoms with Crippen molar-refractivity contribution in [2.45, 2.75) is 6.92 Å². The summed E-state index contributed by atoms with van der Waals surface area (Å²) >= 11 is 0. The highest BCUT2D eigenvalue weighted by Crippen LogP contribution is 2.25. The minimum Gasteiger partial charge on any atom is -0.496 e. The van der Waals surface area contributed by atoms with E-state index in [4.69, 9.17) is 20.3 Å². The third-order valence-corrected chi connectivity index (χ3v) is 3.00. The summed E-state index contributed by atoms with van der Waals surface area (Å²) in [6.07, 6.45) is 1.26. The zero-order valence-electron chi connectivity index (χ0n) is 13.1. The van der Waals surface area contributed by atoms with E-state index in [0.29, 0.717) is 5.69 Å². The van der Waals surface area contributed by atoms with Crippen LogP contribution in [0, 0.1) is 0 Å². The molecule has 0 unspecified atom stereocenters. The number of nitrogens with zero attached hydrogens (tertiary/aromatic N) is 2. The van der Waals surface area contributed by atoms with Crippen LogP contribution in [0.25, 0.3) is 0 Å². The second-order valence-electron chi connectivity index (χ2n) is 4.56. The van der Waals surface area contributed by atoms with Crippen LogP contribution in [0.3, 0.4) is 0 Å². The predicted octanol–water partition coefficient (Wildman–Crippen LogP) is 1.69.